The molecule has 0 radical (unpaired) electrons. The quantitative estimate of drug-likeness (QED) is 0.591. The van der Waals surface area contributed by atoms with E-state index in [1.807, 2.05) is 19.9 Å². The fourth-order valence-electron chi connectivity index (χ4n) is 2.88. The number of thiazole rings is 1. The van der Waals surface area contributed by atoms with Crippen molar-refractivity contribution < 1.29 is 13.2 Å². The molecule has 1 heterocycles. The van der Waals surface area contributed by atoms with Crippen LogP contribution in [0.1, 0.15) is 37.0 Å². The minimum absolute atomic E-state index is 0.246. The van der Waals surface area contributed by atoms with Gasteiger partial charge in [0.1, 0.15) is 0 Å². The summed E-state index contributed by atoms with van der Waals surface area (Å²) < 4.78 is 28.2. The van der Waals surface area contributed by atoms with Crippen LogP contribution in [0.15, 0.2) is 53.4 Å². The van der Waals surface area contributed by atoms with Crippen molar-refractivity contribution >= 4 is 42.6 Å². The Bertz CT molecular complexity index is 1060. The maximum Gasteiger partial charge on any atom is 0.257 e. The Morgan fingerprint density at radius 2 is 1.75 bits per heavy atom. The van der Waals surface area contributed by atoms with Crippen LogP contribution in [0.2, 0.25) is 0 Å². The molecule has 8 heteroatoms. The van der Waals surface area contributed by atoms with Crippen LogP contribution in [0.25, 0.3) is 10.2 Å². The summed E-state index contributed by atoms with van der Waals surface area (Å²) in [6, 6.07) is 13.8. The van der Waals surface area contributed by atoms with Gasteiger partial charge in [-0.1, -0.05) is 43.4 Å². The van der Waals surface area contributed by atoms with Gasteiger partial charge in [0, 0.05) is 18.7 Å². The van der Waals surface area contributed by atoms with Crippen LogP contribution in [0, 0.1) is 0 Å². The zero-order valence-corrected chi connectivity index (χ0v) is 17.5. The van der Waals surface area contributed by atoms with Gasteiger partial charge in [-0.3, -0.25) is 10.1 Å². The van der Waals surface area contributed by atoms with E-state index in [1.54, 1.807) is 42.5 Å². The van der Waals surface area contributed by atoms with E-state index >= 15 is 0 Å². The number of carbonyl (C=O) groups excluding carboxylic acids is 1. The smallest absolute Gasteiger partial charge is 0.257 e. The number of nitrogens with zero attached hydrogens (tertiary/aromatic N) is 2. The third-order valence-electron chi connectivity index (χ3n) is 4.20. The van der Waals surface area contributed by atoms with E-state index in [1.165, 1.54) is 15.6 Å². The van der Waals surface area contributed by atoms with E-state index in [2.05, 4.69) is 10.3 Å². The molecule has 1 amide bonds. The lowest BCUT2D eigenvalue weighted by atomic mass is 10.2. The molecule has 1 aromatic heterocycles. The van der Waals surface area contributed by atoms with Crippen molar-refractivity contribution in [1.29, 1.82) is 0 Å². The second kappa shape index (κ2) is 8.81. The van der Waals surface area contributed by atoms with Crippen LogP contribution >= 0.6 is 11.3 Å². The van der Waals surface area contributed by atoms with Crippen molar-refractivity contribution in [2.24, 2.45) is 0 Å². The number of anilines is 1. The number of amides is 1. The van der Waals surface area contributed by atoms with Gasteiger partial charge in [-0.15, -0.1) is 0 Å². The first-order valence-electron chi connectivity index (χ1n) is 9.23. The summed E-state index contributed by atoms with van der Waals surface area (Å²) in [6.45, 7) is 4.92. The van der Waals surface area contributed by atoms with Crippen molar-refractivity contribution in [1.82, 2.24) is 9.29 Å². The first kappa shape index (κ1) is 20.4. The zero-order valence-electron chi connectivity index (χ0n) is 15.9. The molecule has 0 aliphatic rings. The first-order valence-corrected chi connectivity index (χ1v) is 11.5. The third-order valence-corrected chi connectivity index (χ3v) is 7.03. The van der Waals surface area contributed by atoms with Gasteiger partial charge in [-0.05, 0) is 43.2 Å². The maximum atomic E-state index is 13.0. The van der Waals surface area contributed by atoms with E-state index in [9.17, 15) is 13.2 Å². The number of aromatic nitrogens is 1. The Morgan fingerprint density at radius 3 is 2.39 bits per heavy atom. The van der Waals surface area contributed by atoms with Crippen LogP contribution < -0.4 is 5.32 Å². The molecule has 0 bridgehead atoms. The van der Waals surface area contributed by atoms with Crippen LogP contribution in [0.3, 0.4) is 0 Å². The molecule has 3 aromatic rings. The molecule has 0 atom stereocenters. The van der Waals surface area contributed by atoms with Crippen molar-refractivity contribution in [2.45, 2.75) is 31.6 Å². The van der Waals surface area contributed by atoms with E-state index in [0.717, 1.165) is 17.5 Å². The van der Waals surface area contributed by atoms with Crippen molar-refractivity contribution in [3.8, 4) is 0 Å². The Morgan fingerprint density at radius 1 is 1.07 bits per heavy atom. The van der Waals surface area contributed by atoms with E-state index in [4.69, 9.17) is 0 Å². The summed E-state index contributed by atoms with van der Waals surface area (Å²) >= 11 is 1.26. The molecule has 0 aliphatic carbocycles. The molecule has 0 saturated carbocycles. The molecule has 0 spiro atoms. The second-order valence-electron chi connectivity index (χ2n) is 6.37. The van der Waals surface area contributed by atoms with Crippen LogP contribution in [0.5, 0.6) is 0 Å². The molecule has 148 valence electrons. The van der Waals surface area contributed by atoms with Crippen LogP contribution in [-0.4, -0.2) is 36.7 Å². The Balaban J connectivity index is 1.87. The summed E-state index contributed by atoms with van der Waals surface area (Å²) in [6.07, 6.45) is 1.52. The molecule has 28 heavy (non-hydrogen) atoms. The largest absolute Gasteiger partial charge is 0.298 e. The van der Waals surface area contributed by atoms with E-state index in [0.29, 0.717) is 29.3 Å². The second-order valence-corrected chi connectivity index (χ2v) is 9.34. The maximum absolute atomic E-state index is 13.0. The van der Waals surface area contributed by atoms with Gasteiger partial charge < -0.3 is 0 Å². The number of hydrogen-bond acceptors (Lipinski definition) is 5. The van der Waals surface area contributed by atoms with Crippen molar-refractivity contribution in [3.05, 3.63) is 54.1 Å². The lowest BCUT2D eigenvalue weighted by Gasteiger charge is -2.20. The van der Waals surface area contributed by atoms with Crippen LogP contribution in [0.4, 0.5) is 5.13 Å². The molecule has 0 unspecified atom stereocenters. The number of nitrogens with one attached hydrogen (secondary N) is 1. The summed E-state index contributed by atoms with van der Waals surface area (Å²) in [7, 11) is -3.55. The highest BCUT2D eigenvalue weighted by Gasteiger charge is 2.23. The molecule has 0 saturated heterocycles. The monoisotopic (exact) mass is 417 g/mol. The number of carbonyl (C=O) groups is 1. The highest BCUT2D eigenvalue weighted by molar-refractivity contribution is 7.89. The minimum atomic E-state index is -3.55. The first-order chi connectivity index (χ1) is 13.5. The topological polar surface area (TPSA) is 79.4 Å². The van der Waals surface area contributed by atoms with Gasteiger partial charge >= 0.3 is 0 Å². The molecule has 0 aliphatic heterocycles. The average molecular weight is 418 g/mol. The predicted molar refractivity (Wildman–Crippen MR) is 113 cm³/mol. The molecular formula is C20H23N3O3S2. The SMILES string of the molecule is CCCN(CCC)S(=O)(=O)c1ccc2nc(NC(=O)c3ccccc3)sc2c1. The fourth-order valence-corrected chi connectivity index (χ4v) is 5.50. The van der Waals surface area contributed by atoms with E-state index < -0.39 is 10.0 Å². The van der Waals surface area contributed by atoms with Crippen molar-refractivity contribution in [3.63, 3.8) is 0 Å². The third kappa shape index (κ3) is 4.40. The lowest BCUT2D eigenvalue weighted by molar-refractivity contribution is 0.102. The zero-order chi connectivity index (χ0) is 20.1. The average Bonchev–Trinajstić information content (AvgIpc) is 3.09. The Hall–Kier alpha value is -2.29. The summed E-state index contributed by atoms with van der Waals surface area (Å²) in [5.74, 6) is -0.246. The Kier molecular flexibility index (Phi) is 6.43. The number of rotatable bonds is 8. The van der Waals surface area contributed by atoms with Gasteiger partial charge in [-0.25, -0.2) is 13.4 Å². The normalized spacial score (nSPS) is 11.8. The van der Waals surface area contributed by atoms with Gasteiger partial charge in [-0.2, -0.15) is 4.31 Å². The van der Waals surface area contributed by atoms with Crippen LogP contribution in [-0.2, 0) is 10.0 Å². The molecule has 3 rings (SSSR count). The molecule has 0 fully saturated rings. The Labute approximate surface area is 169 Å². The standard InChI is InChI=1S/C20H23N3O3S2/c1-3-12-23(13-4-2)28(25,26)16-10-11-17-18(14-16)27-20(21-17)22-19(24)15-8-6-5-7-9-15/h5-11,14H,3-4,12-13H2,1-2H3,(H,21,22,24). The minimum Gasteiger partial charge on any atom is -0.298 e. The number of benzene rings is 2. The molecule has 6 nitrogen and oxygen atoms in total. The molecule has 1 N–H and O–H groups in total. The lowest BCUT2D eigenvalue weighted by Crippen LogP contribution is -2.32. The number of sulfonamides is 1. The summed E-state index contributed by atoms with van der Waals surface area (Å²) in [5.41, 5.74) is 1.20. The van der Waals surface area contributed by atoms with Gasteiger partial charge in [0.15, 0.2) is 5.13 Å². The number of fused-ring (bicyclic) bond motifs is 1. The fraction of sp³-hybridized carbons (Fsp3) is 0.300. The van der Waals surface area contributed by atoms with Gasteiger partial charge in [0.2, 0.25) is 10.0 Å². The highest BCUT2D eigenvalue weighted by Crippen LogP contribution is 2.29. The van der Waals surface area contributed by atoms with Gasteiger partial charge in [0.05, 0.1) is 15.1 Å². The predicted octanol–water partition coefficient (Wildman–Crippen LogP) is 4.36. The number of hydrogen-bond donors (Lipinski definition) is 1. The molecule has 2 aromatic carbocycles. The van der Waals surface area contributed by atoms with E-state index in [-0.39, 0.29) is 10.8 Å². The summed E-state index contributed by atoms with van der Waals surface area (Å²) in [4.78, 5) is 17.0. The van der Waals surface area contributed by atoms with Gasteiger partial charge in [0.25, 0.3) is 5.91 Å². The highest BCUT2D eigenvalue weighted by atomic mass is 32.2. The summed E-state index contributed by atoms with van der Waals surface area (Å²) in [5, 5.41) is 3.22. The molecular weight excluding hydrogens is 394 g/mol. The van der Waals surface area contributed by atoms with Crippen molar-refractivity contribution in [2.75, 3.05) is 18.4 Å².